The molecule has 0 amide bonds. The highest BCUT2D eigenvalue weighted by atomic mass is 35.5. The average Bonchev–Trinajstić information content (AvgIpc) is 2.88. The van der Waals surface area contributed by atoms with Crippen molar-refractivity contribution in [2.75, 3.05) is 14.2 Å². The Morgan fingerprint density at radius 2 is 1.94 bits per heavy atom. The van der Waals surface area contributed by atoms with Gasteiger partial charge in [-0.05, 0) is 18.9 Å². The fraction of sp³-hybridized carbons (Fsp3) is 0.571. The third-order valence-electron chi connectivity index (χ3n) is 3.46. The van der Waals surface area contributed by atoms with Crippen LogP contribution in [-0.2, 0) is 6.54 Å². The monoisotopic (exact) mass is 269 g/mol. The maximum absolute atomic E-state index is 6.09. The van der Waals surface area contributed by atoms with E-state index in [1.807, 2.05) is 6.07 Å². The second-order valence-electron chi connectivity index (χ2n) is 4.66. The van der Waals surface area contributed by atoms with Gasteiger partial charge in [0.25, 0.3) is 0 Å². The van der Waals surface area contributed by atoms with Gasteiger partial charge in [-0.2, -0.15) is 0 Å². The molecule has 18 heavy (non-hydrogen) atoms. The van der Waals surface area contributed by atoms with Gasteiger partial charge in [-0.1, -0.05) is 24.4 Å². The van der Waals surface area contributed by atoms with Crippen LogP contribution < -0.4 is 14.8 Å². The van der Waals surface area contributed by atoms with Gasteiger partial charge in [-0.15, -0.1) is 0 Å². The number of benzene rings is 1. The molecule has 3 nitrogen and oxygen atoms in total. The summed E-state index contributed by atoms with van der Waals surface area (Å²) in [6, 6.07) is 4.34. The van der Waals surface area contributed by atoms with Gasteiger partial charge in [0.1, 0.15) is 0 Å². The maximum atomic E-state index is 6.09. The van der Waals surface area contributed by atoms with Gasteiger partial charge in [0.15, 0.2) is 11.5 Å². The molecule has 1 fully saturated rings. The molecular formula is C14H20ClNO2. The van der Waals surface area contributed by atoms with Crippen LogP contribution in [0, 0.1) is 0 Å². The Morgan fingerprint density at radius 1 is 1.22 bits per heavy atom. The number of ether oxygens (including phenoxy) is 2. The summed E-state index contributed by atoms with van der Waals surface area (Å²) in [4.78, 5) is 0. The van der Waals surface area contributed by atoms with Crippen molar-refractivity contribution in [3.8, 4) is 11.5 Å². The Bertz CT molecular complexity index is 403. The van der Waals surface area contributed by atoms with Crippen molar-refractivity contribution in [3.63, 3.8) is 0 Å². The van der Waals surface area contributed by atoms with Gasteiger partial charge in [0.2, 0.25) is 0 Å². The highest BCUT2D eigenvalue weighted by molar-refractivity contribution is 6.30. The Balaban J connectivity index is 2.12. The van der Waals surface area contributed by atoms with E-state index in [2.05, 4.69) is 5.32 Å². The van der Waals surface area contributed by atoms with Crippen LogP contribution in [0.5, 0.6) is 11.5 Å². The fourth-order valence-corrected chi connectivity index (χ4v) is 2.75. The summed E-state index contributed by atoms with van der Waals surface area (Å²) in [5.74, 6) is 1.46. The molecule has 0 atom stereocenters. The van der Waals surface area contributed by atoms with Gasteiger partial charge in [-0.25, -0.2) is 0 Å². The molecule has 100 valence electrons. The van der Waals surface area contributed by atoms with Gasteiger partial charge in [0.05, 0.1) is 14.2 Å². The molecule has 0 bridgehead atoms. The Labute approximate surface area is 113 Å². The molecule has 0 radical (unpaired) electrons. The first kappa shape index (κ1) is 13.5. The first-order valence-corrected chi connectivity index (χ1v) is 6.76. The Morgan fingerprint density at radius 3 is 2.56 bits per heavy atom. The number of rotatable bonds is 5. The highest BCUT2D eigenvalue weighted by Gasteiger charge is 2.16. The predicted molar refractivity (Wildman–Crippen MR) is 73.7 cm³/mol. The molecule has 0 saturated heterocycles. The highest BCUT2D eigenvalue weighted by Crippen LogP contribution is 2.34. The molecular weight excluding hydrogens is 250 g/mol. The van der Waals surface area contributed by atoms with Crippen LogP contribution in [0.1, 0.15) is 31.2 Å². The van der Waals surface area contributed by atoms with Crippen LogP contribution in [0.15, 0.2) is 12.1 Å². The zero-order valence-electron chi connectivity index (χ0n) is 11.0. The van der Waals surface area contributed by atoms with E-state index < -0.39 is 0 Å². The molecule has 1 aliphatic carbocycles. The third kappa shape index (κ3) is 3.09. The molecule has 0 aromatic heterocycles. The second kappa shape index (κ2) is 6.30. The summed E-state index contributed by atoms with van der Waals surface area (Å²) in [7, 11) is 3.28. The minimum atomic E-state index is 0.625. The Kier molecular flexibility index (Phi) is 4.72. The van der Waals surface area contributed by atoms with Gasteiger partial charge < -0.3 is 14.8 Å². The minimum Gasteiger partial charge on any atom is -0.493 e. The van der Waals surface area contributed by atoms with Crippen LogP contribution in [0.25, 0.3) is 0 Å². The lowest BCUT2D eigenvalue weighted by Crippen LogP contribution is -2.25. The second-order valence-corrected chi connectivity index (χ2v) is 5.10. The fourth-order valence-electron chi connectivity index (χ4n) is 2.52. The van der Waals surface area contributed by atoms with Crippen molar-refractivity contribution in [1.82, 2.24) is 5.32 Å². The molecule has 0 aliphatic heterocycles. The van der Waals surface area contributed by atoms with Gasteiger partial charge >= 0.3 is 0 Å². The first-order valence-electron chi connectivity index (χ1n) is 6.38. The predicted octanol–water partition coefficient (Wildman–Crippen LogP) is 3.39. The maximum Gasteiger partial charge on any atom is 0.165 e. The Hall–Kier alpha value is -0.930. The van der Waals surface area contributed by atoms with E-state index in [0.29, 0.717) is 16.8 Å². The number of nitrogens with one attached hydrogen (secondary N) is 1. The molecule has 0 unspecified atom stereocenters. The van der Waals surface area contributed by atoms with Crippen molar-refractivity contribution in [3.05, 3.63) is 22.7 Å². The number of halogens is 1. The van der Waals surface area contributed by atoms with Gasteiger partial charge in [0, 0.05) is 29.2 Å². The summed E-state index contributed by atoms with van der Waals surface area (Å²) < 4.78 is 10.7. The molecule has 1 aliphatic rings. The van der Waals surface area contributed by atoms with Crippen molar-refractivity contribution in [1.29, 1.82) is 0 Å². The van der Waals surface area contributed by atoms with Crippen molar-refractivity contribution in [2.24, 2.45) is 0 Å². The van der Waals surface area contributed by atoms with Gasteiger partial charge in [-0.3, -0.25) is 0 Å². The summed E-state index contributed by atoms with van der Waals surface area (Å²) in [5, 5.41) is 4.23. The molecule has 0 heterocycles. The van der Waals surface area contributed by atoms with Crippen LogP contribution in [-0.4, -0.2) is 20.3 Å². The average molecular weight is 270 g/mol. The van der Waals surface area contributed by atoms with E-state index in [9.17, 15) is 0 Å². The van der Waals surface area contributed by atoms with Crippen LogP contribution >= 0.6 is 11.6 Å². The smallest absolute Gasteiger partial charge is 0.165 e. The molecule has 0 spiro atoms. The normalized spacial score (nSPS) is 15.9. The van der Waals surface area contributed by atoms with Crippen molar-refractivity contribution in [2.45, 2.75) is 38.3 Å². The molecule has 2 rings (SSSR count). The summed E-state index contributed by atoms with van der Waals surface area (Å²) in [6.45, 7) is 0.769. The van der Waals surface area contributed by atoms with E-state index in [1.54, 1.807) is 20.3 Å². The number of hydrogen-bond acceptors (Lipinski definition) is 3. The standard InChI is InChI=1S/C14H20ClNO2/c1-17-13-8-11(15)7-10(14(13)18-2)9-16-12-5-3-4-6-12/h7-8,12,16H,3-6,9H2,1-2H3. The summed E-state index contributed by atoms with van der Waals surface area (Å²) in [5.41, 5.74) is 1.05. The molecule has 4 heteroatoms. The summed E-state index contributed by atoms with van der Waals surface area (Å²) >= 11 is 6.09. The zero-order chi connectivity index (χ0) is 13.0. The van der Waals surface area contributed by atoms with E-state index in [-0.39, 0.29) is 0 Å². The lowest BCUT2D eigenvalue weighted by Gasteiger charge is -2.16. The van der Waals surface area contributed by atoms with Crippen LogP contribution in [0.3, 0.4) is 0 Å². The lowest BCUT2D eigenvalue weighted by atomic mass is 10.1. The van der Waals surface area contributed by atoms with Crippen molar-refractivity contribution >= 4 is 11.6 Å². The van der Waals surface area contributed by atoms with Crippen molar-refractivity contribution < 1.29 is 9.47 Å². The molecule has 1 N–H and O–H groups in total. The number of hydrogen-bond donors (Lipinski definition) is 1. The van der Waals surface area contributed by atoms with Crippen LogP contribution in [0.2, 0.25) is 5.02 Å². The molecule has 1 aromatic carbocycles. The largest absolute Gasteiger partial charge is 0.493 e. The van der Waals surface area contributed by atoms with Crippen LogP contribution in [0.4, 0.5) is 0 Å². The van der Waals surface area contributed by atoms with E-state index in [4.69, 9.17) is 21.1 Å². The zero-order valence-corrected chi connectivity index (χ0v) is 11.7. The number of methoxy groups -OCH3 is 2. The summed E-state index contributed by atoms with van der Waals surface area (Å²) in [6.07, 6.45) is 5.18. The third-order valence-corrected chi connectivity index (χ3v) is 3.68. The molecule has 1 saturated carbocycles. The molecule has 1 aromatic rings. The minimum absolute atomic E-state index is 0.625. The topological polar surface area (TPSA) is 30.5 Å². The SMILES string of the molecule is COc1cc(Cl)cc(CNC2CCCC2)c1OC. The quantitative estimate of drug-likeness (QED) is 0.889. The lowest BCUT2D eigenvalue weighted by molar-refractivity contribution is 0.349. The van der Waals surface area contributed by atoms with E-state index in [0.717, 1.165) is 17.9 Å². The van der Waals surface area contributed by atoms with E-state index >= 15 is 0 Å². The first-order chi connectivity index (χ1) is 8.74. The van der Waals surface area contributed by atoms with E-state index in [1.165, 1.54) is 25.7 Å².